The first-order valence-corrected chi connectivity index (χ1v) is 6.26. The van der Waals surface area contributed by atoms with Crippen LogP contribution >= 0.6 is 0 Å². The lowest BCUT2D eigenvalue weighted by molar-refractivity contribution is -0.137. The van der Waals surface area contributed by atoms with Gasteiger partial charge in [0.25, 0.3) is 0 Å². The standard InChI is InChI=1S/C12H22N2O2/c1-3-12(5-4-7-13-12)10(15)14-8-6-11(2,16)9-14/h13,16H,3-9H2,1-2H3. The molecule has 2 N–H and O–H groups in total. The van der Waals surface area contributed by atoms with Crippen molar-refractivity contribution >= 4 is 5.91 Å². The van der Waals surface area contributed by atoms with Crippen molar-refractivity contribution in [2.45, 2.75) is 50.7 Å². The van der Waals surface area contributed by atoms with E-state index in [4.69, 9.17) is 0 Å². The van der Waals surface area contributed by atoms with Gasteiger partial charge >= 0.3 is 0 Å². The van der Waals surface area contributed by atoms with Gasteiger partial charge in [-0.15, -0.1) is 0 Å². The summed E-state index contributed by atoms with van der Waals surface area (Å²) in [5.41, 5.74) is -1.04. The van der Waals surface area contributed by atoms with E-state index in [1.165, 1.54) is 0 Å². The summed E-state index contributed by atoms with van der Waals surface area (Å²) < 4.78 is 0. The van der Waals surface area contributed by atoms with Crippen LogP contribution in [0, 0.1) is 0 Å². The van der Waals surface area contributed by atoms with Crippen molar-refractivity contribution in [2.24, 2.45) is 0 Å². The summed E-state index contributed by atoms with van der Waals surface area (Å²) in [5, 5.41) is 13.2. The van der Waals surface area contributed by atoms with Crippen LogP contribution in [0.3, 0.4) is 0 Å². The Bertz CT molecular complexity index is 283. The molecule has 0 aliphatic carbocycles. The van der Waals surface area contributed by atoms with Gasteiger partial charge in [0.1, 0.15) is 0 Å². The molecule has 4 heteroatoms. The lowest BCUT2D eigenvalue weighted by Crippen LogP contribution is -2.54. The van der Waals surface area contributed by atoms with E-state index in [0.717, 1.165) is 25.8 Å². The third kappa shape index (κ3) is 1.96. The van der Waals surface area contributed by atoms with E-state index in [-0.39, 0.29) is 11.4 Å². The molecule has 0 aromatic heterocycles. The van der Waals surface area contributed by atoms with Gasteiger partial charge in [0, 0.05) is 13.1 Å². The Morgan fingerprint density at radius 3 is 2.69 bits per heavy atom. The largest absolute Gasteiger partial charge is 0.388 e. The maximum absolute atomic E-state index is 12.4. The fourth-order valence-electron chi connectivity index (χ4n) is 2.86. The van der Waals surface area contributed by atoms with E-state index >= 15 is 0 Å². The number of nitrogens with one attached hydrogen (secondary N) is 1. The molecule has 0 radical (unpaired) electrons. The van der Waals surface area contributed by atoms with Gasteiger partial charge in [0.05, 0.1) is 11.1 Å². The number of hydrogen-bond donors (Lipinski definition) is 2. The fraction of sp³-hybridized carbons (Fsp3) is 0.917. The minimum atomic E-state index is -0.691. The molecule has 2 aliphatic rings. The lowest BCUT2D eigenvalue weighted by Gasteiger charge is -2.32. The van der Waals surface area contributed by atoms with Crippen molar-refractivity contribution in [3.05, 3.63) is 0 Å². The van der Waals surface area contributed by atoms with E-state index in [0.29, 0.717) is 19.5 Å². The Hall–Kier alpha value is -0.610. The first kappa shape index (κ1) is 11.9. The molecule has 92 valence electrons. The third-order valence-corrected chi connectivity index (χ3v) is 4.00. The highest BCUT2D eigenvalue weighted by Gasteiger charge is 2.45. The van der Waals surface area contributed by atoms with E-state index in [1.54, 1.807) is 6.92 Å². The third-order valence-electron chi connectivity index (χ3n) is 4.00. The summed E-state index contributed by atoms with van der Waals surface area (Å²) in [6.45, 7) is 5.97. The molecule has 0 bridgehead atoms. The van der Waals surface area contributed by atoms with E-state index in [9.17, 15) is 9.90 Å². The van der Waals surface area contributed by atoms with Crippen LogP contribution in [-0.2, 0) is 4.79 Å². The predicted molar refractivity (Wildman–Crippen MR) is 62.1 cm³/mol. The molecular weight excluding hydrogens is 204 g/mol. The molecule has 2 rings (SSSR count). The van der Waals surface area contributed by atoms with Crippen LogP contribution in [-0.4, -0.2) is 46.7 Å². The number of likely N-dealkylation sites (tertiary alicyclic amines) is 1. The highest BCUT2D eigenvalue weighted by molar-refractivity contribution is 5.87. The SMILES string of the molecule is CCC1(C(=O)N2CCC(C)(O)C2)CCCN1. The molecule has 1 amide bonds. The molecule has 16 heavy (non-hydrogen) atoms. The van der Waals surface area contributed by atoms with Crippen molar-refractivity contribution in [2.75, 3.05) is 19.6 Å². The maximum atomic E-state index is 12.4. The molecule has 2 saturated heterocycles. The number of aliphatic hydroxyl groups is 1. The molecule has 2 aliphatic heterocycles. The van der Waals surface area contributed by atoms with E-state index < -0.39 is 5.60 Å². The monoisotopic (exact) mass is 226 g/mol. The predicted octanol–water partition coefficient (Wildman–Crippen LogP) is 0.502. The smallest absolute Gasteiger partial charge is 0.242 e. The summed E-state index contributed by atoms with van der Waals surface area (Å²) in [7, 11) is 0. The second-order valence-electron chi connectivity index (χ2n) is 5.44. The quantitative estimate of drug-likeness (QED) is 0.721. The fourth-order valence-corrected chi connectivity index (χ4v) is 2.86. The molecule has 2 unspecified atom stereocenters. The minimum Gasteiger partial charge on any atom is -0.388 e. The number of amides is 1. The molecule has 2 heterocycles. The number of nitrogens with zero attached hydrogens (tertiary/aromatic N) is 1. The second-order valence-corrected chi connectivity index (χ2v) is 5.44. The molecule has 2 fully saturated rings. The first-order valence-electron chi connectivity index (χ1n) is 6.26. The number of rotatable bonds is 2. The molecule has 0 aromatic carbocycles. The Morgan fingerprint density at radius 1 is 1.50 bits per heavy atom. The van der Waals surface area contributed by atoms with Crippen LogP contribution in [0.2, 0.25) is 0 Å². The molecule has 2 atom stereocenters. The molecule has 0 saturated carbocycles. The topological polar surface area (TPSA) is 52.6 Å². The van der Waals surface area contributed by atoms with Gasteiger partial charge in [0.2, 0.25) is 5.91 Å². The lowest BCUT2D eigenvalue weighted by atomic mass is 9.92. The number of β-amino-alcohol motifs (C(OH)–C–C–N with tert-alkyl or cyclic N) is 1. The van der Waals surface area contributed by atoms with Crippen LogP contribution in [0.4, 0.5) is 0 Å². The van der Waals surface area contributed by atoms with Crippen molar-refractivity contribution in [3.63, 3.8) is 0 Å². The van der Waals surface area contributed by atoms with Gasteiger partial charge in [-0.3, -0.25) is 4.79 Å². The Kier molecular flexibility index (Phi) is 2.97. The number of carbonyl (C=O) groups excluding carboxylic acids is 1. The van der Waals surface area contributed by atoms with E-state index in [2.05, 4.69) is 12.2 Å². The maximum Gasteiger partial charge on any atom is 0.242 e. The highest BCUT2D eigenvalue weighted by atomic mass is 16.3. The van der Waals surface area contributed by atoms with Gasteiger partial charge in [-0.25, -0.2) is 0 Å². The van der Waals surface area contributed by atoms with Crippen LogP contribution in [0.1, 0.15) is 39.5 Å². The molecular formula is C12H22N2O2. The molecule has 0 aromatic rings. The summed E-state index contributed by atoms with van der Waals surface area (Å²) in [6, 6.07) is 0. The molecule has 0 spiro atoms. The van der Waals surface area contributed by atoms with Crippen LogP contribution in [0.25, 0.3) is 0 Å². The average Bonchev–Trinajstić information content (AvgIpc) is 2.84. The minimum absolute atomic E-state index is 0.185. The Balaban J connectivity index is 2.07. The van der Waals surface area contributed by atoms with Gasteiger partial charge in [-0.05, 0) is 39.2 Å². The first-order chi connectivity index (χ1) is 7.49. The summed E-state index contributed by atoms with van der Waals surface area (Å²) in [5.74, 6) is 0.185. The van der Waals surface area contributed by atoms with Crippen LogP contribution < -0.4 is 5.32 Å². The van der Waals surface area contributed by atoms with Gasteiger partial charge in [-0.1, -0.05) is 6.92 Å². The van der Waals surface area contributed by atoms with E-state index in [1.807, 2.05) is 4.90 Å². The van der Waals surface area contributed by atoms with Crippen LogP contribution in [0.5, 0.6) is 0 Å². The number of hydrogen-bond acceptors (Lipinski definition) is 3. The van der Waals surface area contributed by atoms with Gasteiger partial charge in [0.15, 0.2) is 0 Å². The number of carbonyl (C=O) groups is 1. The van der Waals surface area contributed by atoms with Crippen molar-refractivity contribution in [1.29, 1.82) is 0 Å². The second kappa shape index (κ2) is 4.00. The van der Waals surface area contributed by atoms with Crippen molar-refractivity contribution < 1.29 is 9.90 Å². The zero-order valence-electron chi connectivity index (χ0n) is 10.3. The van der Waals surface area contributed by atoms with Crippen molar-refractivity contribution in [1.82, 2.24) is 10.2 Å². The Morgan fingerprint density at radius 2 is 2.25 bits per heavy atom. The highest BCUT2D eigenvalue weighted by Crippen LogP contribution is 2.29. The molecule has 4 nitrogen and oxygen atoms in total. The normalized spacial score (nSPS) is 39.3. The average molecular weight is 226 g/mol. The van der Waals surface area contributed by atoms with Crippen molar-refractivity contribution in [3.8, 4) is 0 Å². The van der Waals surface area contributed by atoms with Gasteiger partial charge in [-0.2, -0.15) is 0 Å². The zero-order valence-corrected chi connectivity index (χ0v) is 10.3. The summed E-state index contributed by atoms with van der Waals surface area (Å²) in [6.07, 6.45) is 3.54. The summed E-state index contributed by atoms with van der Waals surface area (Å²) in [4.78, 5) is 14.3. The zero-order chi connectivity index (χ0) is 11.8. The Labute approximate surface area is 97.0 Å². The van der Waals surface area contributed by atoms with Crippen LogP contribution in [0.15, 0.2) is 0 Å². The van der Waals surface area contributed by atoms with Gasteiger partial charge < -0.3 is 15.3 Å². The summed E-state index contributed by atoms with van der Waals surface area (Å²) >= 11 is 0.